The fourth-order valence-electron chi connectivity index (χ4n) is 3.81. The molecule has 0 saturated heterocycles. The minimum atomic E-state index is -3.73. The molecule has 0 bridgehead atoms. The third-order valence-corrected chi connectivity index (χ3v) is 6.80. The number of methoxy groups -OCH3 is 1. The maximum absolute atomic E-state index is 12.8. The van der Waals surface area contributed by atoms with Crippen molar-refractivity contribution >= 4 is 27.8 Å². The van der Waals surface area contributed by atoms with Gasteiger partial charge in [0.2, 0.25) is 10.0 Å². The average molecular weight is 483 g/mol. The van der Waals surface area contributed by atoms with Gasteiger partial charge in [-0.3, -0.25) is 9.10 Å². The molecule has 34 heavy (non-hydrogen) atoms. The first-order valence-corrected chi connectivity index (χ1v) is 12.6. The van der Waals surface area contributed by atoms with Crippen LogP contribution in [0.5, 0.6) is 5.75 Å². The maximum Gasteiger partial charge on any atom is 0.263 e. The number of anilines is 1. The van der Waals surface area contributed by atoms with Crippen molar-refractivity contribution in [1.82, 2.24) is 9.99 Å². The number of rotatable bonds is 8. The predicted octanol–water partition coefficient (Wildman–Crippen LogP) is 3.72. The van der Waals surface area contributed by atoms with E-state index in [4.69, 9.17) is 4.74 Å². The molecule has 0 fully saturated rings. The average Bonchev–Trinajstić information content (AvgIpc) is 3.07. The molecule has 0 aliphatic heterocycles. The Hall–Kier alpha value is -3.59. The highest BCUT2D eigenvalue weighted by atomic mass is 32.2. The van der Waals surface area contributed by atoms with E-state index in [9.17, 15) is 13.2 Å². The summed E-state index contributed by atoms with van der Waals surface area (Å²) in [4.78, 5) is 12.8. The standard InChI is InChI=1S/C25H30N4O4S/c1-17-7-9-22(10-8-17)28-18(2)15-21(19(28)3)16-26-27-25(30)20(4)29(34(6,31)32)23-11-13-24(33-5)14-12-23/h7-16,20H,1-6H3,(H,27,30)/b26-16-/t20-/m1/s1. The first kappa shape index (κ1) is 25.0. The lowest BCUT2D eigenvalue weighted by Crippen LogP contribution is -2.46. The summed E-state index contributed by atoms with van der Waals surface area (Å²) in [7, 11) is -2.20. The summed E-state index contributed by atoms with van der Waals surface area (Å²) < 4.78 is 33.2. The number of benzene rings is 2. The molecule has 3 rings (SSSR count). The van der Waals surface area contributed by atoms with Crippen LogP contribution in [-0.4, -0.2) is 44.5 Å². The monoisotopic (exact) mass is 482 g/mol. The first-order chi connectivity index (χ1) is 16.0. The SMILES string of the molecule is COc1ccc(N([C@H](C)C(=O)N/N=C\c2cc(C)n(-c3ccc(C)cc3)c2C)S(C)(=O)=O)cc1. The molecule has 0 unspecified atom stereocenters. The maximum atomic E-state index is 12.8. The Morgan fingerprint density at radius 2 is 1.71 bits per heavy atom. The number of amides is 1. The van der Waals surface area contributed by atoms with Gasteiger partial charge < -0.3 is 9.30 Å². The van der Waals surface area contributed by atoms with Crippen LogP contribution in [0.1, 0.15) is 29.4 Å². The second kappa shape index (κ2) is 10.1. The molecule has 9 heteroatoms. The number of hydrazone groups is 1. The Kier molecular flexibility index (Phi) is 7.46. The van der Waals surface area contributed by atoms with Crippen LogP contribution in [0.25, 0.3) is 5.69 Å². The smallest absolute Gasteiger partial charge is 0.263 e. The van der Waals surface area contributed by atoms with E-state index in [0.29, 0.717) is 11.4 Å². The van der Waals surface area contributed by atoms with E-state index in [0.717, 1.165) is 33.2 Å². The van der Waals surface area contributed by atoms with Crippen LogP contribution in [0.2, 0.25) is 0 Å². The highest BCUT2D eigenvalue weighted by molar-refractivity contribution is 7.92. The summed E-state index contributed by atoms with van der Waals surface area (Å²) >= 11 is 0. The Labute approximate surface area is 200 Å². The van der Waals surface area contributed by atoms with Crippen LogP contribution in [0.15, 0.2) is 59.7 Å². The van der Waals surface area contributed by atoms with Crippen molar-refractivity contribution in [2.24, 2.45) is 5.10 Å². The molecule has 3 aromatic rings. The van der Waals surface area contributed by atoms with E-state index in [1.54, 1.807) is 30.5 Å². The van der Waals surface area contributed by atoms with Gasteiger partial charge in [0.25, 0.3) is 5.91 Å². The van der Waals surface area contributed by atoms with E-state index < -0.39 is 22.0 Å². The fourth-order valence-corrected chi connectivity index (χ4v) is 4.98. The molecule has 1 heterocycles. The molecule has 0 radical (unpaired) electrons. The molecule has 0 aliphatic carbocycles. The largest absolute Gasteiger partial charge is 0.497 e. The molecular weight excluding hydrogens is 452 g/mol. The van der Waals surface area contributed by atoms with Crippen LogP contribution < -0.4 is 14.5 Å². The molecule has 8 nitrogen and oxygen atoms in total. The van der Waals surface area contributed by atoms with E-state index in [-0.39, 0.29) is 0 Å². The zero-order valence-electron chi connectivity index (χ0n) is 20.2. The van der Waals surface area contributed by atoms with Gasteiger partial charge in [0, 0.05) is 22.6 Å². The van der Waals surface area contributed by atoms with Crippen molar-refractivity contribution < 1.29 is 17.9 Å². The van der Waals surface area contributed by atoms with Crippen molar-refractivity contribution in [3.05, 3.63) is 77.1 Å². The summed E-state index contributed by atoms with van der Waals surface area (Å²) in [5.41, 5.74) is 7.91. The van der Waals surface area contributed by atoms with Crippen molar-refractivity contribution in [3.8, 4) is 11.4 Å². The van der Waals surface area contributed by atoms with E-state index in [1.807, 2.05) is 26.8 Å². The number of aromatic nitrogens is 1. The lowest BCUT2D eigenvalue weighted by Gasteiger charge is -2.27. The highest BCUT2D eigenvalue weighted by Crippen LogP contribution is 2.24. The quantitative estimate of drug-likeness (QED) is 0.391. The Morgan fingerprint density at radius 3 is 2.26 bits per heavy atom. The van der Waals surface area contributed by atoms with Gasteiger partial charge in [-0.2, -0.15) is 5.10 Å². The second-order valence-corrected chi connectivity index (χ2v) is 10.0. The van der Waals surface area contributed by atoms with Gasteiger partial charge >= 0.3 is 0 Å². The molecule has 1 amide bonds. The van der Waals surface area contributed by atoms with Crippen LogP contribution in [0.3, 0.4) is 0 Å². The van der Waals surface area contributed by atoms with E-state index in [2.05, 4.69) is 39.4 Å². The normalized spacial score (nSPS) is 12.5. The molecule has 1 atom stereocenters. The summed E-state index contributed by atoms with van der Waals surface area (Å²) in [5.74, 6) is 0.0342. The molecule has 1 aromatic heterocycles. The fraction of sp³-hybridized carbons (Fsp3) is 0.280. The van der Waals surface area contributed by atoms with Crippen molar-refractivity contribution in [1.29, 1.82) is 0 Å². The van der Waals surface area contributed by atoms with Crippen LogP contribution in [-0.2, 0) is 14.8 Å². The number of carbonyl (C=O) groups excluding carboxylic acids is 1. The molecule has 0 saturated carbocycles. The Bertz CT molecular complexity index is 1290. The minimum Gasteiger partial charge on any atom is -0.497 e. The second-order valence-electron chi connectivity index (χ2n) is 8.16. The van der Waals surface area contributed by atoms with Crippen LogP contribution in [0, 0.1) is 20.8 Å². The lowest BCUT2D eigenvalue weighted by atomic mass is 10.2. The Balaban J connectivity index is 1.78. The molecule has 180 valence electrons. The number of sulfonamides is 1. The topological polar surface area (TPSA) is 93.0 Å². The van der Waals surface area contributed by atoms with Crippen molar-refractivity contribution in [2.45, 2.75) is 33.7 Å². The number of hydrogen-bond acceptors (Lipinski definition) is 5. The van der Waals surface area contributed by atoms with Gasteiger partial charge in [-0.15, -0.1) is 0 Å². The number of nitrogens with one attached hydrogen (secondary N) is 1. The minimum absolute atomic E-state index is 0.358. The highest BCUT2D eigenvalue weighted by Gasteiger charge is 2.29. The van der Waals surface area contributed by atoms with Crippen molar-refractivity contribution in [3.63, 3.8) is 0 Å². The van der Waals surface area contributed by atoms with Crippen LogP contribution >= 0.6 is 0 Å². The summed E-state index contributed by atoms with van der Waals surface area (Å²) in [6.07, 6.45) is 2.63. The number of nitrogens with zero attached hydrogens (tertiary/aromatic N) is 3. The molecular formula is C25H30N4O4S. The molecule has 2 aromatic carbocycles. The van der Waals surface area contributed by atoms with E-state index >= 15 is 0 Å². The van der Waals surface area contributed by atoms with Gasteiger partial charge in [0.1, 0.15) is 11.8 Å². The van der Waals surface area contributed by atoms with Gasteiger partial charge in [0.05, 0.1) is 25.3 Å². The number of carbonyl (C=O) groups is 1. The number of ether oxygens (including phenoxy) is 1. The Morgan fingerprint density at radius 1 is 1.09 bits per heavy atom. The van der Waals surface area contributed by atoms with Gasteiger partial charge in [-0.1, -0.05) is 17.7 Å². The van der Waals surface area contributed by atoms with E-state index in [1.165, 1.54) is 19.6 Å². The predicted molar refractivity (Wildman–Crippen MR) is 135 cm³/mol. The van der Waals surface area contributed by atoms with Crippen molar-refractivity contribution in [2.75, 3.05) is 17.7 Å². The summed E-state index contributed by atoms with van der Waals surface area (Å²) in [6, 6.07) is 15.6. The van der Waals surface area contributed by atoms with Gasteiger partial charge in [-0.05, 0) is 70.2 Å². The van der Waals surface area contributed by atoms with Gasteiger partial charge in [0.15, 0.2) is 0 Å². The first-order valence-electron chi connectivity index (χ1n) is 10.7. The summed E-state index contributed by atoms with van der Waals surface area (Å²) in [6.45, 7) is 7.54. The summed E-state index contributed by atoms with van der Waals surface area (Å²) in [5, 5.41) is 4.09. The molecule has 0 aliphatic rings. The zero-order valence-corrected chi connectivity index (χ0v) is 21.1. The number of aryl methyl sites for hydroxylation is 2. The molecule has 0 spiro atoms. The van der Waals surface area contributed by atoms with Gasteiger partial charge in [-0.25, -0.2) is 13.8 Å². The lowest BCUT2D eigenvalue weighted by molar-refractivity contribution is -0.121. The molecule has 1 N–H and O–H groups in total. The number of hydrogen-bond donors (Lipinski definition) is 1. The third-order valence-electron chi connectivity index (χ3n) is 5.56. The third kappa shape index (κ3) is 5.48. The van der Waals surface area contributed by atoms with Crippen LogP contribution in [0.4, 0.5) is 5.69 Å². The zero-order chi connectivity index (χ0) is 25.0.